The second-order valence-corrected chi connectivity index (χ2v) is 6.17. The van der Waals surface area contributed by atoms with Gasteiger partial charge in [-0.25, -0.2) is 15.0 Å². The molecule has 0 aromatic carbocycles. The summed E-state index contributed by atoms with van der Waals surface area (Å²) in [4.78, 5) is 31.6. The fourth-order valence-electron chi connectivity index (χ4n) is 3.16. The van der Waals surface area contributed by atoms with Crippen LogP contribution in [0.15, 0.2) is 37.1 Å². The highest BCUT2D eigenvalue weighted by atomic mass is 16.1. The molecule has 0 aliphatic carbocycles. The smallest absolute Gasteiger partial charge is 0.270 e. The normalized spacial score (nSPS) is 15.5. The number of fused-ring (bicyclic) bond motifs is 1. The van der Waals surface area contributed by atoms with Crippen molar-refractivity contribution in [1.82, 2.24) is 29.8 Å². The van der Waals surface area contributed by atoms with Crippen LogP contribution in [0, 0.1) is 0 Å². The molecule has 1 aliphatic heterocycles. The molecule has 8 nitrogen and oxygen atoms in total. The lowest BCUT2D eigenvalue weighted by atomic mass is 10.0. The Morgan fingerprint density at radius 1 is 1.16 bits per heavy atom. The standard InChI is InChI=1S/C17H19N7O/c1-23-11-21-14-15(23)19-10-20-16(14)24-8-5-12(6-9-24)22-17(25)13-4-2-3-7-18-13/h2-4,7,10-12H,5-6,8-9H2,1H3,(H,22,25). The van der Waals surface area contributed by atoms with Crippen LogP contribution < -0.4 is 10.2 Å². The highest BCUT2D eigenvalue weighted by Crippen LogP contribution is 2.24. The van der Waals surface area contributed by atoms with Crippen molar-refractivity contribution in [2.24, 2.45) is 7.05 Å². The average molecular weight is 337 g/mol. The zero-order chi connectivity index (χ0) is 17.2. The Kier molecular flexibility index (Phi) is 4.01. The van der Waals surface area contributed by atoms with Gasteiger partial charge in [0.1, 0.15) is 12.0 Å². The van der Waals surface area contributed by atoms with E-state index in [-0.39, 0.29) is 11.9 Å². The maximum absolute atomic E-state index is 12.2. The zero-order valence-corrected chi connectivity index (χ0v) is 14.0. The van der Waals surface area contributed by atoms with E-state index in [2.05, 4.69) is 30.2 Å². The largest absolute Gasteiger partial charge is 0.355 e. The molecule has 0 unspecified atom stereocenters. The number of hydrogen-bond acceptors (Lipinski definition) is 6. The summed E-state index contributed by atoms with van der Waals surface area (Å²) in [6, 6.07) is 5.49. The number of aromatic nitrogens is 5. The van der Waals surface area contributed by atoms with Gasteiger partial charge in [0.2, 0.25) is 0 Å². The summed E-state index contributed by atoms with van der Waals surface area (Å²) in [5.74, 6) is 0.744. The lowest BCUT2D eigenvalue weighted by molar-refractivity contribution is 0.0926. The zero-order valence-electron chi connectivity index (χ0n) is 14.0. The first-order chi connectivity index (χ1) is 12.2. The van der Waals surface area contributed by atoms with Gasteiger partial charge in [-0.05, 0) is 25.0 Å². The van der Waals surface area contributed by atoms with E-state index in [1.54, 1.807) is 31.0 Å². The van der Waals surface area contributed by atoms with Crippen LogP contribution in [0.25, 0.3) is 11.2 Å². The van der Waals surface area contributed by atoms with E-state index < -0.39 is 0 Å². The Balaban J connectivity index is 1.42. The van der Waals surface area contributed by atoms with Gasteiger partial charge in [0.15, 0.2) is 17.0 Å². The van der Waals surface area contributed by atoms with Gasteiger partial charge in [0, 0.05) is 32.4 Å². The summed E-state index contributed by atoms with van der Waals surface area (Å²) in [6.07, 6.45) is 6.68. The molecule has 8 heteroatoms. The molecular weight excluding hydrogens is 318 g/mol. The van der Waals surface area contributed by atoms with Gasteiger partial charge >= 0.3 is 0 Å². The van der Waals surface area contributed by atoms with Gasteiger partial charge in [-0.15, -0.1) is 0 Å². The number of aryl methyl sites for hydroxylation is 1. The number of piperidine rings is 1. The molecule has 4 rings (SSSR count). The van der Waals surface area contributed by atoms with Crippen molar-refractivity contribution < 1.29 is 4.79 Å². The van der Waals surface area contributed by atoms with Crippen LogP contribution in [0.2, 0.25) is 0 Å². The van der Waals surface area contributed by atoms with E-state index in [0.717, 1.165) is 42.9 Å². The second-order valence-electron chi connectivity index (χ2n) is 6.17. The number of hydrogen-bond donors (Lipinski definition) is 1. The fraction of sp³-hybridized carbons (Fsp3) is 0.353. The molecular formula is C17H19N7O. The molecule has 25 heavy (non-hydrogen) atoms. The SMILES string of the molecule is Cn1cnc2c(N3CCC(NC(=O)c4ccccn4)CC3)ncnc21. The molecule has 0 radical (unpaired) electrons. The van der Waals surface area contributed by atoms with Crippen LogP contribution in [0.4, 0.5) is 5.82 Å². The number of nitrogens with zero attached hydrogens (tertiary/aromatic N) is 6. The van der Waals surface area contributed by atoms with Gasteiger partial charge in [0.25, 0.3) is 5.91 Å². The Hall–Kier alpha value is -3.03. The van der Waals surface area contributed by atoms with E-state index in [0.29, 0.717) is 5.69 Å². The van der Waals surface area contributed by atoms with Crippen LogP contribution in [0.1, 0.15) is 23.3 Å². The van der Waals surface area contributed by atoms with Crippen LogP contribution >= 0.6 is 0 Å². The molecule has 0 saturated carbocycles. The molecule has 1 N–H and O–H groups in total. The van der Waals surface area contributed by atoms with E-state index in [1.807, 2.05) is 17.7 Å². The minimum Gasteiger partial charge on any atom is -0.355 e. The van der Waals surface area contributed by atoms with Crippen molar-refractivity contribution >= 4 is 22.9 Å². The highest BCUT2D eigenvalue weighted by molar-refractivity contribution is 5.92. The molecule has 0 bridgehead atoms. The Bertz CT molecular complexity index is 884. The van der Waals surface area contributed by atoms with Crippen LogP contribution in [-0.2, 0) is 7.05 Å². The first-order valence-electron chi connectivity index (χ1n) is 8.31. The van der Waals surface area contributed by atoms with E-state index in [1.165, 1.54) is 0 Å². The Labute approximate surface area is 144 Å². The van der Waals surface area contributed by atoms with Gasteiger partial charge < -0.3 is 14.8 Å². The lowest BCUT2D eigenvalue weighted by Crippen LogP contribution is -2.45. The summed E-state index contributed by atoms with van der Waals surface area (Å²) in [5, 5.41) is 3.07. The van der Waals surface area contributed by atoms with Gasteiger partial charge in [-0.2, -0.15) is 0 Å². The first-order valence-corrected chi connectivity index (χ1v) is 8.31. The molecule has 4 heterocycles. The van der Waals surface area contributed by atoms with Crippen molar-refractivity contribution in [3.05, 3.63) is 42.7 Å². The number of imidazole rings is 1. The first kappa shape index (κ1) is 15.5. The molecule has 1 fully saturated rings. The van der Waals surface area contributed by atoms with Crippen LogP contribution in [-0.4, -0.2) is 49.5 Å². The molecule has 3 aromatic heterocycles. The molecule has 128 valence electrons. The number of pyridine rings is 1. The van der Waals surface area contributed by atoms with Crippen molar-refractivity contribution in [2.45, 2.75) is 18.9 Å². The quantitative estimate of drug-likeness (QED) is 0.771. The third-order valence-corrected chi connectivity index (χ3v) is 4.51. The van der Waals surface area contributed by atoms with Crippen LogP contribution in [0.3, 0.4) is 0 Å². The van der Waals surface area contributed by atoms with Crippen molar-refractivity contribution in [2.75, 3.05) is 18.0 Å². The van der Waals surface area contributed by atoms with Crippen LogP contribution in [0.5, 0.6) is 0 Å². The Morgan fingerprint density at radius 3 is 2.76 bits per heavy atom. The second kappa shape index (κ2) is 6.46. The maximum atomic E-state index is 12.2. The highest BCUT2D eigenvalue weighted by Gasteiger charge is 2.24. The topological polar surface area (TPSA) is 88.8 Å². The predicted molar refractivity (Wildman–Crippen MR) is 93.2 cm³/mol. The minimum absolute atomic E-state index is 0.117. The number of nitrogens with one attached hydrogen (secondary N) is 1. The van der Waals surface area contributed by atoms with E-state index >= 15 is 0 Å². The molecule has 3 aromatic rings. The number of rotatable bonds is 3. The van der Waals surface area contributed by atoms with Gasteiger partial charge in [-0.1, -0.05) is 6.07 Å². The van der Waals surface area contributed by atoms with Crippen molar-refractivity contribution in [1.29, 1.82) is 0 Å². The summed E-state index contributed by atoms with van der Waals surface area (Å²) in [6.45, 7) is 1.63. The fourth-order valence-corrected chi connectivity index (χ4v) is 3.16. The molecule has 0 atom stereocenters. The minimum atomic E-state index is -0.117. The number of amides is 1. The van der Waals surface area contributed by atoms with E-state index in [9.17, 15) is 4.79 Å². The van der Waals surface area contributed by atoms with E-state index in [4.69, 9.17) is 0 Å². The van der Waals surface area contributed by atoms with Gasteiger partial charge in [0.05, 0.1) is 6.33 Å². The molecule has 0 spiro atoms. The third-order valence-electron chi connectivity index (χ3n) is 4.51. The summed E-state index contributed by atoms with van der Waals surface area (Å²) in [7, 11) is 1.92. The molecule has 1 aliphatic rings. The monoisotopic (exact) mass is 337 g/mol. The molecule has 1 amide bonds. The summed E-state index contributed by atoms with van der Waals surface area (Å²) in [5.41, 5.74) is 2.10. The average Bonchev–Trinajstić information content (AvgIpc) is 3.04. The number of anilines is 1. The van der Waals surface area contributed by atoms with Crippen molar-refractivity contribution in [3.8, 4) is 0 Å². The predicted octanol–water partition coefficient (Wildman–Crippen LogP) is 1.16. The van der Waals surface area contributed by atoms with Gasteiger partial charge in [-0.3, -0.25) is 9.78 Å². The molecule has 1 saturated heterocycles. The lowest BCUT2D eigenvalue weighted by Gasteiger charge is -2.33. The third kappa shape index (κ3) is 3.02. The summed E-state index contributed by atoms with van der Waals surface area (Å²) < 4.78 is 1.89. The Morgan fingerprint density at radius 2 is 2.00 bits per heavy atom. The maximum Gasteiger partial charge on any atom is 0.270 e. The van der Waals surface area contributed by atoms with Crippen molar-refractivity contribution in [3.63, 3.8) is 0 Å². The number of carbonyl (C=O) groups excluding carboxylic acids is 1. The summed E-state index contributed by atoms with van der Waals surface area (Å²) >= 11 is 0. The number of carbonyl (C=O) groups is 1.